The Labute approximate surface area is 56.6 Å². The Kier molecular flexibility index (Phi) is 1.78. The van der Waals surface area contributed by atoms with E-state index in [9.17, 15) is 5.21 Å². The van der Waals surface area contributed by atoms with E-state index in [0.717, 1.165) is 0 Å². The highest BCUT2D eigenvalue weighted by Crippen LogP contribution is 2.24. The van der Waals surface area contributed by atoms with Gasteiger partial charge in [-0.1, -0.05) is 0 Å². The molecule has 2 heteroatoms. The van der Waals surface area contributed by atoms with Crippen LogP contribution in [0.4, 0.5) is 0 Å². The lowest BCUT2D eigenvalue weighted by Gasteiger charge is -2.26. The van der Waals surface area contributed by atoms with Crippen LogP contribution in [0.25, 0.3) is 0 Å². The second kappa shape index (κ2) is 2.27. The number of hydroxylamine groups is 3. The molecule has 1 saturated carbocycles. The first kappa shape index (κ1) is 7.03. The molecule has 1 aliphatic carbocycles. The summed E-state index contributed by atoms with van der Waals surface area (Å²) in [5.74, 6) is 0. The zero-order chi connectivity index (χ0) is 6.91. The van der Waals surface area contributed by atoms with Crippen LogP contribution in [-0.4, -0.2) is 30.0 Å². The highest BCUT2D eigenvalue weighted by Gasteiger charge is 2.29. The molecular weight excluding hydrogens is 114 g/mol. The molecule has 0 unspecified atom stereocenters. The van der Waals surface area contributed by atoms with Gasteiger partial charge in [-0.3, -0.25) is 0 Å². The normalized spacial score (nSPS) is 23.0. The molecule has 0 spiro atoms. The van der Waals surface area contributed by atoms with Crippen molar-refractivity contribution in [1.29, 1.82) is 0 Å². The molecular formula is C7H16NO+. The Morgan fingerprint density at radius 1 is 1.22 bits per heavy atom. The lowest BCUT2D eigenvalue weighted by atomic mass is 10.2. The summed E-state index contributed by atoms with van der Waals surface area (Å²) in [6.07, 6.45) is 4.99. The molecule has 0 bridgehead atoms. The first-order valence-electron chi connectivity index (χ1n) is 3.67. The molecule has 0 aromatic rings. The molecule has 0 heterocycles. The highest BCUT2D eigenvalue weighted by molar-refractivity contribution is 4.65. The fourth-order valence-corrected chi connectivity index (χ4v) is 1.54. The van der Waals surface area contributed by atoms with Crippen LogP contribution in [-0.2, 0) is 0 Å². The molecule has 1 fully saturated rings. The van der Waals surface area contributed by atoms with E-state index in [1.54, 1.807) is 0 Å². The summed E-state index contributed by atoms with van der Waals surface area (Å²) in [4.78, 5) is 0. The lowest BCUT2D eigenvalue weighted by Crippen LogP contribution is -2.43. The maximum Gasteiger partial charge on any atom is 0.118 e. The van der Waals surface area contributed by atoms with Crippen molar-refractivity contribution in [1.82, 2.24) is 0 Å². The van der Waals surface area contributed by atoms with Crippen LogP contribution in [0.2, 0.25) is 0 Å². The van der Waals surface area contributed by atoms with Gasteiger partial charge in [0.25, 0.3) is 0 Å². The van der Waals surface area contributed by atoms with E-state index >= 15 is 0 Å². The average Bonchev–Trinajstić information content (AvgIpc) is 2.08. The minimum absolute atomic E-state index is 0.167. The molecule has 0 amide bonds. The molecule has 1 rings (SSSR count). The van der Waals surface area contributed by atoms with Gasteiger partial charge in [0, 0.05) is 12.8 Å². The molecule has 1 N–H and O–H groups in total. The molecule has 2 nitrogen and oxygen atoms in total. The van der Waals surface area contributed by atoms with Gasteiger partial charge in [-0.15, -0.1) is 0 Å². The van der Waals surface area contributed by atoms with E-state index in [1.807, 2.05) is 14.1 Å². The summed E-state index contributed by atoms with van der Waals surface area (Å²) < 4.78 is 0.167. The number of rotatable bonds is 1. The van der Waals surface area contributed by atoms with Crippen molar-refractivity contribution in [3.8, 4) is 0 Å². The summed E-state index contributed by atoms with van der Waals surface area (Å²) >= 11 is 0. The van der Waals surface area contributed by atoms with Crippen molar-refractivity contribution >= 4 is 0 Å². The van der Waals surface area contributed by atoms with Gasteiger partial charge in [-0.05, 0) is 12.8 Å². The third-order valence-corrected chi connectivity index (χ3v) is 2.22. The molecule has 0 aromatic heterocycles. The summed E-state index contributed by atoms with van der Waals surface area (Å²) in [6, 6.07) is 0.505. The van der Waals surface area contributed by atoms with Crippen LogP contribution in [0.1, 0.15) is 25.7 Å². The van der Waals surface area contributed by atoms with E-state index < -0.39 is 0 Å². The van der Waals surface area contributed by atoms with E-state index in [2.05, 4.69) is 0 Å². The van der Waals surface area contributed by atoms with Crippen LogP contribution >= 0.6 is 0 Å². The lowest BCUT2D eigenvalue weighted by molar-refractivity contribution is -1.09. The van der Waals surface area contributed by atoms with E-state index in [1.165, 1.54) is 25.7 Å². The average molecular weight is 130 g/mol. The molecule has 9 heavy (non-hydrogen) atoms. The van der Waals surface area contributed by atoms with Crippen molar-refractivity contribution in [2.45, 2.75) is 31.7 Å². The van der Waals surface area contributed by atoms with Gasteiger partial charge in [0.05, 0.1) is 14.1 Å². The Balaban J connectivity index is 2.42. The van der Waals surface area contributed by atoms with Crippen molar-refractivity contribution < 1.29 is 9.85 Å². The molecule has 0 atom stereocenters. The number of hydrogen-bond donors (Lipinski definition) is 1. The van der Waals surface area contributed by atoms with Gasteiger partial charge < -0.3 is 0 Å². The predicted molar refractivity (Wildman–Crippen MR) is 36.2 cm³/mol. The molecule has 0 aliphatic heterocycles. The summed E-state index contributed by atoms with van der Waals surface area (Å²) in [5, 5.41) is 9.45. The fraction of sp³-hybridized carbons (Fsp3) is 1.00. The van der Waals surface area contributed by atoms with Gasteiger partial charge in [-0.2, -0.15) is 4.65 Å². The van der Waals surface area contributed by atoms with Crippen LogP contribution < -0.4 is 0 Å². The third kappa shape index (κ3) is 1.66. The van der Waals surface area contributed by atoms with E-state index in [0.29, 0.717) is 6.04 Å². The van der Waals surface area contributed by atoms with Crippen LogP contribution in [0, 0.1) is 0 Å². The summed E-state index contributed by atoms with van der Waals surface area (Å²) in [7, 11) is 3.71. The number of nitrogens with zero attached hydrogens (tertiary/aromatic N) is 1. The fourth-order valence-electron chi connectivity index (χ4n) is 1.54. The van der Waals surface area contributed by atoms with Gasteiger partial charge in [-0.25, -0.2) is 5.21 Å². The monoisotopic (exact) mass is 130 g/mol. The Morgan fingerprint density at radius 2 is 1.67 bits per heavy atom. The molecule has 54 valence electrons. The first-order valence-corrected chi connectivity index (χ1v) is 3.67. The standard InChI is InChI=1S/C7H16NO/c1-8(2,9)7-5-3-4-6-7/h7,9H,3-6H2,1-2H3/q+1. The van der Waals surface area contributed by atoms with Gasteiger partial charge in [0.15, 0.2) is 0 Å². The molecule has 0 saturated heterocycles. The van der Waals surface area contributed by atoms with Gasteiger partial charge >= 0.3 is 0 Å². The zero-order valence-electron chi connectivity index (χ0n) is 6.30. The zero-order valence-corrected chi connectivity index (χ0v) is 6.30. The minimum Gasteiger partial charge on any atom is -0.217 e. The maximum absolute atomic E-state index is 9.45. The summed E-state index contributed by atoms with van der Waals surface area (Å²) in [5.41, 5.74) is 0. The molecule has 1 aliphatic rings. The van der Waals surface area contributed by atoms with E-state index in [-0.39, 0.29) is 4.65 Å². The number of quaternary nitrogens is 1. The Hall–Kier alpha value is -0.0800. The topological polar surface area (TPSA) is 20.2 Å². The van der Waals surface area contributed by atoms with Crippen molar-refractivity contribution in [3.63, 3.8) is 0 Å². The predicted octanol–water partition coefficient (Wildman–Crippen LogP) is 1.39. The van der Waals surface area contributed by atoms with Crippen molar-refractivity contribution in [2.24, 2.45) is 0 Å². The largest absolute Gasteiger partial charge is 0.217 e. The van der Waals surface area contributed by atoms with Crippen LogP contribution in [0.3, 0.4) is 0 Å². The van der Waals surface area contributed by atoms with Gasteiger partial charge in [0.2, 0.25) is 0 Å². The van der Waals surface area contributed by atoms with Crippen molar-refractivity contribution in [2.75, 3.05) is 14.1 Å². The Morgan fingerprint density at radius 3 is 1.89 bits per heavy atom. The second-order valence-electron chi connectivity index (χ2n) is 3.42. The SMILES string of the molecule is C[N+](C)(O)C1CCCC1. The second-order valence-corrected chi connectivity index (χ2v) is 3.42. The highest BCUT2D eigenvalue weighted by atomic mass is 16.5. The molecule has 0 radical (unpaired) electrons. The van der Waals surface area contributed by atoms with Crippen LogP contribution in [0.5, 0.6) is 0 Å². The van der Waals surface area contributed by atoms with E-state index in [4.69, 9.17) is 0 Å². The minimum atomic E-state index is 0.167. The maximum atomic E-state index is 9.45. The smallest absolute Gasteiger partial charge is 0.118 e. The van der Waals surface area contributed by atoms with Crippen LogP contribution in [0.15, 0.2) is 0 Å². The summed E-state index contributed by atoms with van der Waals surface area (Å²) in [6.45, 7) is 0. The number of hydrogen-bond acceptors (Lipinski definition) is 1. The molecule has 0 aromatic carbocycles. The van der Waals surface area contributed by atoms with Crippen molar-refractivity contribution in [3.05, 3.63) is 0 Å². The third-order valence-electron chi connectivity index (χ3n) is 2.22. The quantitative estimate of drug-likeness (QED) is 0.420. The Bertz CT molecular complexity index is 89.6. The van der Waals surface area contributed by atoms with Gasteiger partial charge in [0.1, 0.15) is 6.04 Å². The first-order chi connectivity index (χ1) is 4.11.